The van der Waals surface area contributed by atoms with Crippen LogP contribution in [0.2, 0.25) is 0 Å². The number of aromatic carboxylic acids is 2. The molecule has 0 saturated carbocycles. The van der Waals surface area contributed by atoms with Gasteiger partial charge in [0.2, 0.25) is 0 Å². The van der Waals surface area contributed by atoms with Gasteiger partial charge in [0.15, 0.2) is 0 Å². The molecule has 7 nitrogen and oxygen atoms in total. The van der Waals surface area contributed by atoms with Crippen LogP contribution < -0.4 is 0 Å². The third-order valence-corrected chi connectivity index (χ3v) is 3.49. The molecule has 0 aliphatic heterocycles. The van der Waals surface area contributed by atoms with Gasteiger partial charge < -0.3 is 20.1 Å². The van der Waals surface area contributed by atoms with Crippen LogP contribution in [0.25, 0.3) is 10.8 Å². The van der Waals surface area contributed by atoms with Gasteiger partial charge in [-0.15, -0.1) is 0 Å². The molecule has 7 heteroatoms. The number of fused-ring (bicyclic) bond motifs is 1. The maximum absolute atomic E-state index is 11.6. The van der Waals surface area contributed by atoms with Crippen molar-refractivity contribution in [1.29, 1.82) is 0 Å². The first-order valence-electron chi connectivity index (χ1n) is 6.90. The van der Waals surface area contributed by atoms with E-state index in [1.165, 1.54) is 6.07 Å². The van der Waals surface area contributed by atoms with Crippen LogP contribution in [0.15, 0.2) is 36.9 Å². The number of hydrogen-bond acceptors (Lipinski definition) is 5. The molecule has 0 radical (unpaired) electrons. The molecule has 2 rings (SSSR count). The molecule has 3 N–H and O–H groups in total. The first kappa shape index (κ1) is 17.0. The quantitative estimate of drug-likeness (QED) is 0.548. The van der Waals surface area contributed by atoms with Crippen molar-refractivity contribution >= 4 is 28.7 Å². The Balaban J connectivity index is 2.69. The van der Waals surface area contributed by atoms with E-state index in [1.807, 2.05) is 0 Å². The number of carbonyl (C=O) groups is 3. The van der Waals surface area contributed by atoms with Crippen LogP contribution in [-0.4, -0.2) is 39.8 Å². The van der Waals surface area contributed by atoms with E-state index < -0.39 is 34.8 Å². The lowest BCUT2D eigenvalue weighted by molar-refractivity contribution is -0.137. The van der Waals surface area contributed by atoms with Gasteiger partial charge in [0, 0.05) is 17.9 Å². The van der Waals surface area contributed by atoms with Crippen molar-refractivity contribution in [1.82, 2.24) is 0 Å². The molecule has 0 unspecified atom stereocenters. The van der Waals surface area contributed by atoms with Gasteiger partial charge in [-0.3, -0.25) is 0 Å². The largest absolute Gasteiger partial charge is 0.506 e. The molecule has 0 aromatic heterocycles. The summed E-state index contributed by atoms with van der Waals surface area (Å²) in [4.78, 5) is 34.2. The summed E-state index contributed by atoms with van der Waals surface area (Å²) in [5.74, 6) is -4.32. The Labute approximate surface area is 136 Å². The second kappa shape index (κ2) is 6.82. The Hall–Kier alpha value is -3.35. The summed E-state index contributed by atoms with van der Waals surface area (Å²) in [5.41, 5.74) is -1.04. The highest BCUT2D eigenvalue weighted by atomic mass is 16.5. The van der Waals surface area contributed by atoms with Crippen LogP contribution >= 0.6 is 0 Å². The molecule has 0 atom stereocenters. The first-order valence-corrected chi connectivity index (χ1v) is 6.90. The fourth-order valence-electron chi connectivity index (χ4n) is 2.51. The predicted octanol–water partition coefficient (Wildman–Crippen LogP) is 2.21. The van der Waals surface area contributed by atoms with E-state index in [0.717, 1.165) is 6.08 Å². The van der Waals surface area contributed by atoms with Crippen molar-refractivity contribution in [2.45, 2.75) is 6.42 Å². The molecular weight excluding hydrogens is 316 g/mol. The molecular formula is C17H14O7. The van der Waals surface area contributed by atoms with E-state index in [1.54, 1.807) is 18.2 Å². The van der Waals surface area contributed by atoms with Crippen molar-refractivity contribution in [2.24, 2.45) is 0 Å². The number of carboxylic acids is 2. The molecule has 2 aromatic rings. The predicted molar refractivity (Wildman–Crippen MR) is 84.4 cm³/mol. The molecule has 0 aliphatic rings. The van der Waals surface area contributed by atoms with Crippen molar-refractivity contribution in [3.05, 3.63) is 53.6 Å². The lowest BCUT2D eigenvalue weighted by atomic mass is 9.91. The first-order chi connectivity index (χ1) is 11.4. The second-order valence-corrected chi connectivity index (χ2v) is 4.85. The zero-order valence-electron chi connectivity index (χ0n) is 12.5. The summed E-state index contributed by atoms with van der Waals surface area (Å²) in [6.45, 7) is 3.10. The van der Waals surface area contributed by atoms with Crippen LogP contribution in [0.3, 0.4) is 0 Å². The average molecular weight is 330 g/mol. The molecule has 124 valence electrons. The minimum absolute atomic E-state index is 0.0255. The standard InChI is InChI=1S/C17H14O7/c1-2-12(18)24-8-7-10-9-5-3-4-6-11(9)15(19)14(17(22)23)13(10)16(20)21/h2-6,19H,1,7-8H2,(H,20,21)(H,22,23). The van der Waals surface area contributed by atoms with E-state index in [9.17, 15) is 29.7 Å². The molecule has 0 saturated heterocycles. The average Bonchev–Trinajstić information content (AvgIpc) is 2.55. The van der Waals surface area contributed by atoms with Crippen LogP contribution in [0.4, 0.5) is 0 Å². The third kappa shape index (κ3) is 3.05. The monoisotopic (exact) mass is 330 g/mol. The number of aromatic hydroxyl groups is 1. The molecule has 0 amide bonds. The van der Waals surface area contributed by atoms with Crippen molar-refractivity contribution in [2.75, 3.05) is 6.61 Å². The highest BCUT2D eigenvalue weighted by molar-refractivity contribution is 6.12. The Kier molecular flexibility index (Phi) is 4.84. The van der Waals surface area contributed by atoms with Gasteiger partial charge in [-0.1, -0.05) is 30.8 Å². The van der Waals surface area contributed by atoms with E-state index >= 15 is 0 Å². The van der Waals surface area contributed by atoms with Crippen molar-refractivity contribution < 1.29 is 34.4 Å². The van der Waals surface area contributed by atoms with Gasteiger partial charge in [0.1, 0.15) is 11.3 Å². The molecule has 0 fully saturated rings. The Bertz CT molecular complexity index is 852. The molecule has 0 spiro atoms. The number of esters is 1. The summed E-state index contributed by atoms with van der Waals surface area (Å²) >= 11 is 0. The summed E-state index contributed by atoms with van der Waals surface area (Å²) in [6, 6.07) is 6.28. The topological polar surface area (TPSA) is 121 Å². The Morgan fingerprint density at radius 3 is 2.17 bits per heavy atom. The summed E-state index contributed by atoms with van der Waals surface area (Å²) in [7, 11) is 0. The smallest absolute Gasteiger partial charge is 0.340 e. The third-order valence-electron chi connectivity index (χ3n) is 3.49. The van der Waals surface area contributed by atoms with E-state index in [-0.39, 0.29) is 24.0 Å². The minimum Gasteiger partial charge on any atom is -0.506 e. The Morgan fingerprint density at radius 1 is 1.04 bits per heavy atom. The van der Waals surface area contributed by atoms with E-state index in [4.69, 9.17) is 4.74 Å². The van der Waals surface area contributed by atoms with Gasteiger partial charge in [0.05, 0.1) is 12.2 Å². The zero-order valence-corrected chi connectivity index (χ0v) is 12.5. The van der Waals surface area contributed by atoms with Crippen LogP contribution in [0.1, 0.15) is 26.3 Å². The molecule has 0 bridgehead atoms. The zero-order chi connectivity index (χ0) is 17.9. The Morgan fingerprint density at radius 2 is 1.62 bits per heavy atom. The van der Waals surface area contributed by atoms with Crippen molar-refractivity contribution in [3.63, 3.8) is 0 Å². The highest BCUT2D eigenvalue weighted by Crippen LogP contribution is 2.36. The summed E-state index contributed by atoms with van der Waals surface area (Å²) in [6.07, 6.45) is 0.942. The summed E-state index contributed by atoms with van der Waals surface area (Å²) < 4.78 is 4.85. The molecule has 2 aromatic carbocycles. The summed E-state index contributed by atoms with van der Waals surface area (Å²) in [5, 5.41) is 29.5. The number of hydrogen-bond donors (Lipinski definition) is 3. The molecule has 24 heavy (non-hydrogen) atoms. The fourth-order valence-corrected chi connectivity index (χ4v) is 2.51. The van der Waals surface area contributed by atoms with Crippen molar-refractivity contribution in [3.8, 4) is 5.75 Å². The maximum Gasteiger partial charge on any atom is 0.340 e. The number of benzene rings is 2. The second-order valence-electron chi connectivity index (χ2n) is 4.85. The number of phenols is 1. The van der Waals surface area contributed by atoms with Gasteiger partial charge >= 0.3 is 17.9 Å². The van der Waals surface area contributed by atoms with Crippen LogP contribution in [0, 0.1) is 0 Å². The van der Waals surface area contributed by atoms with Gasteiger partial charge in [-0.2, -0.15) is 0 Å². The number of ether oxygens (including phenoxy) is 1. The minimum atomic E-state index is -1.56. The van der Waals surface area contributed by atoms with E-state index in [0.29, 0.717) is 5.39 Å². The van der Waals surface area contributed by atoms with Gasteiger partial charge in [-0.25, -0.2) is 14.4 Å². The molecule has 0 aliphatic carbocycles. The van der Waals surface area contributed by atoms with Gasteiger partial charge in [0.25, 0.3) is 0 Å². The normalized spacial score (nSPS) is 10.3. The number of carboxylic acid groups (broad SMARTS) is 2. The van der Waals surface area contributed by atoms with Crippen LogP contribution in [-0.2, 0) is 16.0 Å². The number of rotatable bonds is 6. The number of carbonyl (C=O) groups excluding carboxylic acids is 1. The van der Waals surface area contributed by atoms with E-state index in [2.05, 4.69) is 6.58 Å². The maximum atomic E-state index is 11.6. The fraction of sp³-hybridized carbons (Fsp3) is 0.118. The van der Waals surface area contributed by atoms with Crippen LogP contribution in [0.5, 0.6) is 5.75 Å². The highest BCUT2D eigenvalue weighted by Gasteiger charge is 2.27. The lowest BCUT2D eigenvalue weighted by Crippen LogP contribution is -2.15. The van der Waals surface area contributed by atoms with Gasteiger partial charge in [-0.05, 0) is 10.9 Å². The lowest BCUT2D eigenvalue weighted by Gasteiger charge is -2.15. The SMILES string of the molecule is C=CC(=O)OCCc1c(C(=O)O)c(C(=O)O)c(O)c2ccccc12. The molecule has 0 heterocycles.